The average Bonchev–Trinajstić information content (AvgIpc) is 2.52. The van der Waals surface area contributed by atoms with Crippen molar-refractivity contribution in [2.45, 2.75) is 45.3 Å². The molecule has 21 heavy (non-hydrogen) atoms. The van der Waals surface area contributed by atoms with E-state index >= 15 is 0 Å². The number of nitrogens with zero attached hydrogens (tertiary/aromatic N) is 1. The summed E-state index contributed by atoms with van der Waals surface area (Å²) >= 11 is 0. The minimum atomic E-state index is 0.468. The van der Waals surface area contributed by atoms with Gasteiger partial charge in [-0.1, -0.05) is 12.1 Å². The molecule has 0 aliphatic carbocycles. The summed E-state index contributed by atoms with van der Waals surface area (Å²) < 4.78 is 5.75. The van der Waals surface area contributed by atoms with Gasteiger partial charge in [0, 0.05) is 24.2 Å². The predicted octanol–water partition coefficient (Wildman–Crippen LogP) is 3.59. The first-order valence-corrected chi connectivity index (χ1v) is 8.00. The molecule has 0 amide bonds. The number of nitrogens with one attached hydrogen (secondary N) is 1. The Hall–Kier alpha value is -1.45. The first-order valence-electron chi connectivity index (χ1n) is 8.00. The average molecular weight is 284 g/mol. The van der Waals surface area contributed by atoms with E-state index in [-0.39, 0.29) is 0 Å². The SMILES string of the molecule is Cc1ccc2cc(CNCCC3CCCCO3)ccc2n1. The molecule has 1 aromatic heterocycles. The monoisotopic (exact) mass is 284 g/mol. The van der Waals surface area contributed by atoms with Crippen molar-refractivity contribution in [1.29, 1.82) is 0 Å². The predicted molar refractivity (Wildman–Crippen MR) is 86.4 cm³/mol. The van der Waals surface area contributed by atoms with Gasteiger partial charge in [0.25, 0.3) is 0 Å². The van der Waals surface area contributed by atoms with Crippen LogP contribution in [0.2, 0.25) is 0 Å². The lowest BCUT2D eigenvalue weighted by molar-refractivity contribution is 0.0115. The zero-order chi connectivity index (χ0) is 14.5. The number of ether oxygens (including phenoxy) is 1. The lowest BCUT2D eigenvalue weighted by Crippen LogP contribution is -2.25. The maximum atomic E-state index is 5.75. The van der Waals surface area contributed by atoms with Gasteiger partial charge in [0.2, 0.25) is 0 Å². The standard InChI is InChI=1S/C18H24N2O/c1-14-5-7-16-12-15(6-8-18(16)20-14)13-19-10-9-17-4-2-3-11-21-17/h5-8,12,17,19H,2-4,9-11,13H2,1H3. The van der Waals surface area contributed by atoms with Crippen molar-refractivity contribution in [3.05, 3.63) is 41.6 Å². The summed E-state index contributed by atoms with van der Waals surface area (Å²) in [5.74, 6) is 0. The molecule has 1 unspecified atom stereocenters. The Morgan fingerprint density at radius 3 is 3.05 bits per heavy atom. The van der Waals surface area contributed by atoms with Crippen molar-refractivity contribution >= 4 is 10.9 Å². The molecule has 0 spiro atoms. The summed E-state index contributed by atoms with van der Waals surface area (Å²) in [6, 6.07) is 10.7. The van der Waals surface area contributed by atoms with Gasteiger partial charge in [0.15, 0.2) is 0 Å². The molecule has 1 fully saturated rings. The second-order valence-electron chi connectivity index (χ2n) is 5.93. The summed E-state index contributed by atoms with van der Waals surface area (Å²) in [4.78, 5) is 4.54. The van der Waals surface area contributed by atoms with Crippen LogP contribution in [0, 0.1) is 6.92 Å². The van der Waals surface area contributed by atoms with Crippen molar-refractivity contribution in [2.24, 2.45) is 0 Å². The first-order chi connectivity index (χ1) is 10.3. The fourth-order valence-corrected chi connectivity index (χ4v) is 2.92. The van der Waals surface area contributed by atoms with Crippen LogP contribution in [0.15, 0.2) is 30.3 Å². The molecule has 0 bridgehead atoms. The van der Waals surface area contributed by atoms with Gasteiger partial charge < -0.3 is 10.1 Å². The van der Waals surface area contributed by atoms with Crippen molar-refractivity contribution < 1.29 is 4.74 Å². The Morgan fingerprint density at radius 1 is 1.24 bits per heavy atom. The summed E-state index contributed by atoms with van der Waals surface area (Å²) in [6.07, 6.45) is 5.36. The molecule has 1 aliphatic rings. The van der Waals surface area contributed by atoms with Crippen LogP contribution >= 0.6 is 0 Å². The molecule has 1 aliphatic heterocycles. The van der Waals surface area contributed by atoms with E-state index < -0.39 is 0 Å². The zero-order valence-corrected chi connectivity index (χ0v) is 12.8. The second kappa shape index (κ2) is 7.01. The van der Waals surface area contributed by atoms with E-state index in [4.69, 9.17) is 4.74 Å². The Balaban J connectivity index is 1.49. The Kier molecular flexibility index (Phi) is 4.84. The van der Waals surface area contributed by atoms with E-state index in [1.54, 1.807) is 0 Å². The second-order valence-corrected chi connectivity index (χ2v) is 5.93. The van der Waals surface area contributed by atoms with Crippen molar-refractivity contribution in [3.8, 4) is 0 Å². The molecule has 0 saturated carbocycles. The van der Waals surface area contributed by atoms with E-state index in [0.717, 1.165) is 37.3 Å². The van der Waals surface area contributed by atoms with Crippen molar-refractivity contribution in [1.82, 2.24) is 10.3 Å². The maximum absolute atomic E-state index is 5.75. The van der Waals surface area contributed by atoms with Crippen LogP contribution in [0.25, 0.3) is 10.9 Å². The fraction of sp³-hybridized carbons (Fsp3) is 0.500. The number of hydrogen-bond donors (Lipinski definition) is 1. The molecule has 2 heterocycles. The van der Waals surface area contributed by atoms with Gasteiger partial charge in [0.1, 0.15) is 0 Å². The van der Waals surface area contributed by atoms with Gasteiger partial charge in [-0.05, 0) is 62.9 Å². The molecule has 1 saturated heterocycles. The number of aryl methyl sites for hydroxylation is 1. The van der Waals surface area contributed by atoms with Crippen LogP contribution in [0.1, 0.15) is 36.9 Å². The Bertz CT molecular complexity index is 591. The molecule has 0 radical (unpaired) electrons. The Labute approximate surface area is 126 Å². The topological polar surface area (TPSA) is 34.1 Å². The van der Waals surface area contributed by atoms with Gasteiger partial charge in [0.05, 0.1) is 11.6 Å². The zero-order valence-electron chi connectivity index (χ0n) is 12.8. The largest absolute Gasteiger partial charge is 0.378 e. The number of aromatic nitrogens is 1. The van der Waals surface area contributed by atoms with Gasteiger partial charge in [-0.2, -0.15) is 0 Å². The highest BCUT2D eigenvalue weighted by Gasteiger charge is 2.12. The van der Waals surface area contributed by atoms with E-state index in [1.165, 1.54) is 30.2 Å². The maximum Gasteiger partial charge on any atom is 0.0705 e. The highest BCUT2D eigenvalue weighted by Crippen LogP contribution is 2.16. The highest BCUT2D eigenvalue weighted by atomic mass is 16.5. The number of rotatable bonds is 5. The molecule has 1 aromatic carbocycles. The third-order valence-electron chi connectivity index (χ3n) is 4.14. The number of pyridine rings is 1. The molecular formula is C18H24N2O. The summed E-state index contributed by atoms with van der Waals surface area (Å²) in [5.41, 5.74) is 3.47. The Morgan fingerprint density at radius 2 is 2.19 bits per heavy atom. The summed E-state index contributed by atoms with van der Waals surface area (Å²) in [5, 5.41) is 4.74. The molecule has 3 heteroatoms. The van der Waals surface area contributed by atoms with Crippen molar-refractivity contribution in [2.75, 3.05) is 13.2 Å². The van der Waals surface area contributed by atoms with Gasteiger partial charge in [-0.25, -0.2) is 0 Å². The van der Waals surface area contributed by atoms with Crippen molar-refractivity contribution in [3.63, 3.8) is 0 Å². The van der Waals surface area contributed by atoms with Gasteiger partial charge in [-0.3, -0.25) is 4.98 Å². The summed E-state index contributed by atoms with van der Waals surface area (Å²) in [7, 11) is 0. The summed E-state index contributed by atoms with van der Waals surface area (Å²) in [6.45, 7) is 4.91. The normalized spacial score (nSPS) is 19.0. The quantitative estimate of drug-likeness (QED) is 0.852. The molecule has 3 rings (SSSR count). The van der Waals surface area contributed by atoms with Crippen LogP contribution < -0.4 is 5.32 Å². The molecule has 112 valence electrons. The first kappa shape index (κ1) is 14.5. The number of fused-ring (bicyclic) bond motifs is 1. The smallest absolute Gasteiger partial charge is 0.0705 e. The van der Waals surface area contributed by atoms with E-state index in [9.17, 15) is 0 Å². The number of hydrogen-bond acceptors (Lipinski definition) is 3. The van der Waals surface area contributed by atoms with Gasteiger partial charge in [-0.15, -0.1) is 0 Å². The minimum Gasteiger partial charge on any atom is -0.378 e. The molecule has 1 N–H and O–H groups in total. The van der Waals surface area contributed by atoms with E-state index in [1.807, 2.05) is 6.92 Å². The van der Waals surface area contributed by atoms with E-state index in [0.29, 0.717) is 6.10 Å². The van der Waals surface area contributed by atoms with Crippen LogP contribution in [0.3, 0.4) is 0 Å². The third-order valence-corrected chi connectivity index (χ3v) is 4.14. The molecule has 1 atom stereocenters. The van der Waals surface area contributed by atoms with Crippen LogP contribution in [0.5, 0.6) is 0 Å². The van der Waals surface area contributed by atoms with Crippen LogP contribution in [0.4, 0.5) is 0 Å². The molecular weight excluding hydrogens is 260 g/mol. The highest BCUT2D eigenvalue weighted by molar-refractivity contribution is 5.79. The fourth-order valence-electron chi connectivity index (χ4n) is 2.92. The molecule has 3 nitrogen and oxygen atoms in total. The lowest BCUT2D eigenvalue weighted by atomic mass is 10.1. The van der Waals surface area contributed by atoms with Crippen LogP contribution in [-0.2, 0) is 11.3 Å². The molecule has 2 aromatic rings. The third kappa shape index (κ3) is 4.02. The van der Waals surface area contributed by atoms with Gasteiger partial charge >= 0.3 is 0 Å². The minimum absolute atomic E-state index is 0.468. The van der Waals surface area contributed by atoms with Crippen LogP contribution in [-0.4, -0.2) is 24.2 Å². The lowest BCUT2D eigenvalue weighted by Gasteiger charge is -2.22. The van der Waals surface area contributed by atoms with E-state index in [2.05, 4.69) is 40.6 Å². The number of benzene rings is 1.